The van der Waals surface area contributed by atoms with Crippen molar-refractivity contribution < 1.29 is 48.7 Å². The molecule has 0 spiro atoms. The fourth-order valence-electron chi connectivity index (χ4n) is 3.12. The van der Waals surface area contributed by atoms with Crippen LogP contribution >= 0.6 is 11.6 Å². The summed E-state index contributed by atoms with van der Waals surface area (Å²) in [4.78, 5) is 25.5. The van der Waals surface area contributed by atoms with Crippen LogP contribution < -0.4 is 10.6 Å². The number of carbonyl (C=O) groups is 2. The van der Waals surface area contributed by atoms with Gasteiger partial charge in [0.05, 0.1) is 21.4 Å². The van der Waals surface area contributed by atoms with Crippen LogP contribution in [-0.4, -0.2) is 50.6 Å². The number of hydrogen-bond donors (Lipinski definition) is 2. The SMILES string of the molecule is Cc1cc(C(F)(C(F)(F)F)C(F)(F)F)ccc1NC(=O)c1cccc(Cl)c1C(=O)NCC(C)S(C)(=O)=O. The maximum absolute atomic E-state index is 14.3. The minimum Gasteiger partial charge on any atom is -0.351 e. The number of benzene rings is 2. The molecule has 0 radical (unpaired) electrons. The second-order valence-electron chi connectivity index (χ2n) is 8.15. The molecule has 1 atom stereocenters. The zero-order chi connectivity index (χ0) is 28.6. The summed E-state index contributed by atoms with van der Waals surface area (Å²) in [5.74, 6) is -1.92. The number of halogens is 8. The molecule has 15 heteroatoms. The van der Waals surface area contributed by atoms with E-state index in [0.29, 0.717) is 12.1 Å². The van der Waals surface area contributed by atoms with Crippen molar-refractivity contribution >= 4 is 38.9 Å². The van der Waals surface area contributed by atoms with Crippen molar-refractivity contribution in [1.82, 2.24) is 5.32 Å². The smallest absolute Gasteiger partial charge is 0.351 e. The molecule has 0 fully saturated rings. The second kappa shape index (κ2) is 10.5. The van der Waals surface area contributed by atoms with Gasteiger partial charge in [-0.2, -0.15) is 26.3 Å². The lowest BCUT2D eigenvalue weighted by Crippen LogP contribution is -2.50. The fourth-order valence-corrected chi connectivity index (χ4v) is 3.76. The van der Waals surface area contributed by atoms with E-state index in [4.69, 9.17) is 11.6 Å². The van der Waals surface area contributed by atoms with Gasteiger partial charge in [-0.05, 0) is 37.6 Å². The number of hydrogen-bond acceptors (Lipinski definition) is 4. The predicted octanol–water partition coefficient (Wildman–Crippen LogP) is 5.35. The molecule has 0 aliphatic heterocycles. The molecular formula is C22H20ClF7N2O4S. The quantitative estimate of drug-likeness (QED) is 0.435. The van der Waals surface area contributed by atoms with Gasteiger partial charge in [0.1, 0.15) is 0 Å². The van der Waals surface area contributed by atoms with E-state index < -0.39 is 50.5 Å². The highest BCUT2D eigenvalue weighted by molar-refractivity contribution is 7.91. The average Bonchev–Trinajstić information content (AvgIpc) is 2.75. The Balaban J connectivity index is 2.39. The molecule has 2 amide bonds. The van der Waals surface area contributed by atoms with Crippen LogP contribution in [0, 0.1) is 6.92 Å². The van der Waals surface area contributed by atoms with Crippen LogP contribution in [0.4, 0.5) is 36.4 Å². The van der Waals surface area contributed by atoms with E-state index in [1.165, 1.54) is 25.1 Å². The lowest BCUT2D eigenvalue weighted by molar-refractivity contribution is -0.348. The highest BCUT2D eigenvalue weighted by Gasteiger charge is 2.73. The molecule has 2 N–H and O–H groups in total. The minimum absolute atomic E-state index is 0.193. The van der Waals surface area contributed by atoms with Gasteiger partial charge in [0, 0.05) is 24.1 Å². The van der Waals surface area contributed by atoms with Crippen molar-refractivity contribution in [1.29, 1.82) is 0 Å². The number of aryl methyl sites for hydroxylation is 1. The maximum atomic E-state index is 14.3. The van der Waals surface area contributed by atoms with Crippen molar-refractivity contribution in [3.63, 3.8) is 0 Å². The average molecular weight is 577 g/mol. The molecule has 0 saturated carbocycles. The summed E-state index contributed by atoms with van der Waals surface area (Å²) in [6.45, 7) is 2.07. The first-order valence-electron chi connectivity index (χ1n) is 10.2. The van der Waals surface area contributed by atoms with Crippen molar-refractivity contribution in [2.45, 2.75) is 37.1 Å². The minimum atomic E-state index is -6.31. The summed E-state index contributed by atoms with van der Waals surface area (Å²) < 4.78 is 116. The Hall–Kier alpha value is -2.87. The molecule has 0 aliphatic carbocycles. The Morgan fingerprint density at radius 2 is 1.54 bits per heavy atom. The first-order valence-corrected chi connectivity index (χ1v) is 12.6. The molecule has 0 aromatic heterocycles. The topological polar surface area (TPSA) is 92.3 Å². The molecule has 6 nitrogen and oxygen atoms in total. The molecule has 204 valence electrons. The van der Waals surface area contributed by atoms with Crippen LogP contribution in [0.1, 0.15) is 38.8 Å². The van der Waals surface area contributed by atoms with Gasteiger partial charge in [0.25, 0.3) is 11.8 Å². The molecule has 37 heavy (non-hydrogen) atoms. The number of rotatable bonds is 7. The Morgan fingerprint density at radius 3 is 2.03 bits per heavy atom. The second-order valence-corrected chi connectivity index (χ2v) is 11.0. The van der Waals surface area contributed by atoms with E-state index in [1.54, 1.807) is 0 Å². The number of amides is 2. The largest absolute Gasteiger partial charge is 0.435 e. The Morgan fingerprint density at radius 1 is 0.973 bits per heavy atom. The summed E-state index contributed by atoms with van der Waals surface area (Å²) in [6.07, 6.45) is -11.7. The van der Waals surface area contributed by atoms with Gasteiger partial charge in [-0.3, -0.25) is 9.59 Å². The van der Waals surface area contributed by atoms with Gasteiger partial charge in [-0.15, -0.1) is 0 Å². The van der Waals surface area contributed by atoms with E-state index in [1.807, 2.05) is 0 Å². The van der Waals surface area contributed by atoms with Gasteiger partial charge in [0.2, 0.25) is 0 Å². The lowest BCUT2D eigenvalue weighted by Gasteiger charge is -2.30. The third-order valence-electron chi connectivity index (χ3n) is 5.42. The maximum Gasteiger partial charge on any atom is 0.435 e. The molecule has 2 aromatic carbocycles. The third-order valence-corrected chi connectivity index (χ3v) is 7.36. The Kier molecular flexibility index (Phi) is 8.60. The van der Waals surface area contributed by atoms with Crippen LogP contribution in [0.5, 0.6) is 0 Å². The molecule has 0 saturated heterocycles. The van der Waals surface area contributed by atoms with Gasteiger partial charge in [0.15, 0.2) is 9.84 Å². The van der Waals surface area contributed by atoms with Crippen molar-refractivity contribution in [2.75, 3.05) is 18.1 Å². The number of alkyl halides is 7. The highest BCUT2D eigenvalue weighted by atomic mass is 35.5. The Labute approximate surface area is 212 Å². The van der Waals surface area contributed by atoms with Gasteiger partial charge >= 0.3 is 18.0 Å². The van der Waals surface area contributed by atoms with Crippen molar-refractivity contribution in [3.8, 4) is 0 Å². The molecular weight excluding hydrogens is 557 g/mol. The highest BCUT2D eigenvalue weighted by Crippen LogP contribution is 2.53. The van der Waals surface area contributed by atoms with E-state index in [2.05, 4.69) is 10.6 Å². The van der Waals surface area contributed by atoms with Gasteiger partial charge in [-0.1, -0.05) is 29.8 Å². The van der Waals surface area contributed by atoms with E-state index in [0.717, 1.165) is 13.2 Å². The normalized spacial score (nSPS) is 13.7. The molecule has 0 aliphatic rings. The number of anilines is 1. The summed E-state index contributed by atoms with van der Waals surface area (Å²) in [5.41, 5.74) is -8.66. The van der Waals surface area contributed by atoms with Crippen LogP contribution in [0.15, 0.2) is 36.4 Å². The van der Waals surface area contributed by atoms with Crippen molar-refractivity contribution in [3.05, 3.63) is 63.7 Å². The van der Waals surface area contributed by atoms with Gasteiger partial charge in [-0.25, -0.2) is 12.8 Å². The van der Waals surface area contributed by atoms with Crippen LogP contribution in [0.3, 0.4) is 0 Å². The summed E-state index contributed by atoms with van der Waals surface area (Å²) >= 11 is 6.05. The number of sulfone groups is 1. The summed E-state index contributed by atoms with van der Waals surface area (Å²) in [6, 6.07) is 4.93. The number of carbonyl (C=O) groups excluding carboxylic acids is 2. The number of nitrogens with one attached hydrogen (secondary N) is 2. The molecule has 0 bridgehead atoms. The standard InChI is InChI=1S/C22H20ClF7N2O4S/c1-11-9-13(20(24,21(25,26)27)22(28,29)30)7-8-16(11)32-18(33)14-5-4-6-15(23)17(14)19(34)31-10-12(2)37(3,35)36/h4-9,12H,10H2,1-3H3,(H,31,34)(H,32,33). The van der Waals surface area contributed by atoms with E-state index in [-0.39, 0.29) is 40.0 Å². The van der Waals surface area contributed by atoms with Crippen molar-refractivity contribution in [2.24, 2.45) is 0 Å². The molecule has 2 aromatic rings. The lowest BCUT2D eigenvalue weighted by atomic mass is 9.92. The monoisotopic (exact) mass is 576 g/mol. The molecule has 1 unspecified atom stereocenters. The fraction of sp³-hybridized carbons (Fsp3) is 0.364. The molecule has 0 heterocycles. The first-order chi connectivity index (χ1) is 16.7. The predicted molar refractivity (Wildman–Crippen MR) is 122 cm³/mol. The van der Waals surface area contributed by atoms with Crippen LogP contribution in [0.25, 0.3) is 0 Å². The molecule has 2 rings (SSSR count). The van der Waals surface area contributed by atoms with Crippen LogP contribution in [-0.2, 0) is 15.5 Å². The van der Waals surface area contributed by atoms with Crippen LogP contribution in [0.2, 0.25) is 5.02 Å². The zero-order valence-electron chi connectivity index (χ0n) is 19.3. The third kappa shape index (κ3) is 6.35. The van der Waals surface area contributed by atoms with Gasteiger partial charge < -0.3 is 10.6 Å². The summed E-state index contributed by atoms with van der Waals surface area (Å²) in [7, 11) is -3.49. The van der Waals surface area contributed by atoms with E-state index in [9.17, 15) is 48.7 Å². The first kappa shape index (κ1) is 30.4. The Bertz CT molecular complexity index is 1300. The zero-order valence-corrected chi connectivity index (χ0v) is 20.9. The van der Waals surface area contributed by atoms with E-state index >= 15 is 0 Å². The summed E-state index contributed by atoms with van der Waals surface area (Å²) in [5, 5.41) is 3.41.